The molecule has 0 unspecified atom stereocenters. The van der Waals surface area contributed by atoms with Gasteiger partial charge in [0.05, 0.1) is 5.52 Å². The zero-order chi connectivity index (χ0) is 8.55. The van der Waals surface area contributed by atoms with Crippen molar-refractivity contribution in [3.8, 4) is 0 Å². The van der Waals surface area contributed by atoms with E-state index in [1.165, 1.54) is 10.8 Å². The van der Waals surface area contributed by atoms with E-state index in [9.17, 15) is 4.79 Å². The summed E-state index contributed by atoms with van der Waals surface area (Å²) in [5, 5.41) is 12.5. The molecule has 60 valence electrons. The van der Waals surface area contributed by atoms with Gasteiger partial charge in [0.15, 0.2) is 5.69 Å². The molecular formula is C7H5N3O2. The molecule has 1 N–H and O–H groups in total. The van der Waals surface area contributed by atoms with Gasteiger partial charge in [-0.15, -0.1) is 0 Å². The van der Waals surface area contributed by atoms with Crippen LogP contribution in [0.25, 0.3) is 5.52 Å². The first kappa shape index (κ1) is 6.78. The molecule has 0 saturated carbocycles. The lowest BCUT2D eigenvalue weighted by molar-refractivity contribution is 0.0692. The smallest absolute Gasteiger partial charge is 0.356 e. The van der Waals surface area contributed by atoms with Crippen molar-refractivity contribution in [2.45, 2.75) is 0 Å². The van der Waals surface area contributed by atoms with Gasteiger partial charge in [0.25, 0.3) is 0 Å². The topological polar surface area (TPSA) is 67.5 Å². The predicted molar refractivity (Wildman–Crippen MR) is 39.9 cm³/mol. The summed E-state index contributed by atoms with van der Waals surface area (Å²) in [4.78, 5) is 14.3. The number of hydrogen-bond donors (Lipinski definition) is 1. The first-order valence-corrected chi connectivity index (χ1v) is 3.30. The average molecular weight is 163 g/mol. The minimum absolute atomic E-state index is 0.0231. The highest BCUT2D eigenvalue weighted by molar-refractivity contribution is 5.92. The zero-order valence-corrected chi connectivity index (χ0v) is 6.01. The fraction of sp³-hybridized carbons (Fsp3) is 0. The Morgan fingerprint density at radius 1 is 1.58 bits per heavy atom. The minimum atomic E-state index is -1.04. The van der Waals surface area contributed by atoms with Crippen LogP contribution in [0.15, 0.2) is 24.7 Å². The molecule has 0 aliphatic carbocycles. The number of aromatic nitrogens is 3. The number of carboxylic acid groups (broad SMARTS) is 1. The van der Waals surface area contributed by atoms with Crippen LogP contribution in [0.3, 0.4) is 0 Å². The van der Waals surface area contributed by atoms with Gasteiger partial charge in [-0.1, -0.05) is 0 Å². The van der Waals surface area contributed by atoms with Gasteiger partial charge in [-0.2, -0.15) is 5.10 Å². The molecule has 2 rings (SSSR count). The van der Waals surface area contributed by atoms with Crippen molar-refractivity contribution in [3.63, 3.8) is 0 Å². The molecular weight excluding hydrogens is 158 g/mol. The number of nitrogens with zero attached hydrogens (tertiary/aromatic N) is 3. The summed E-state index contributed by atoms with van der Waals surface area (Å²) in [6, 6.07) is 3.37. The van der Waals surface area contributed by atoms with Crippen LogP contribution in [0.5, 0.6) is 0 Å². The molecule has 5 heteroatoms. The molecule has 0 atom stereocenters. The Morgan fingerprint density at radius 3 is 3.17 bits per heavy atom. The van der Waals surface area contributed by atoms with Gasteiger partial charge in [-0.05, 0) is 12.1 Å². The van der Waals surface area contributed by atoms with E-state index in [4.69, 9.17) is 5.11 Å². The van der Waals surface area contributed by atoms with E-state index in [2.05, 4.69) is 10.1 Å². The second-order valence-corrected chi connectivity index (χ2v) is 2.25. The molecule has 5 nitrogen and oxygen atoms in total. The number of rotatable bonds is 1. The monoisotopic (exact) mass is 163 g/mol. The highest BCUT2D eigenvalue weighted by Crippen LogP contribution is 2.05. The molecule has 2 aromatic heterocycles. The van der Waals surface area contributed by atoms with Crippen LogP contribution >= 0.6 is 0 Å². The molecule has 0 aliphatic rings. The maximum Gasteiger partial charge on any atom is 0.356 e. The van der Waals surface area contributed by atoms with Gasteiger partial charge < -0.3 is 5.11 Å². The summed E-state index contributed by atoms with van der Waals surface area (Å²) < 4.78 is 1.47. The predicted octanol–water partition coefficient (Wildman–Crippen LogP) is 0.427. The van der Waals surface area contributed by atoms with Crippen LogP contribution < -0.4 is 0 Å². The van der Waals surface area contributed by atoms with Crippen LogP contribution in [0.2, 0.25) is 0 Å². The third kappa shape index (κ3) is 0.833. The van der Waals surface area contributed by atoms with Crippen molar-refractivity contribution >= 4 is 11.5 Å². The van der Waals surface area contributed by atoms with Crippen LogP contribution in [-0.2, 0) is 0 Å². The number of fused-ring (bicyclic) bond motifs is 1. The van der Waals surface area contributed by atoms with Crippen molar-refractivity contribution in [3.05, 3.63) is 30.4 Å². The van der Waals surface area contributed by atoms with Gasteiger partial charge in [-0.25, -0.2) is 14.3 Å². The number of carbonyl (C=O) groups is 1. The highest BCUT2D eigenvalue weighted by atomic mass is 16.4. The van der Waals surface area contributed by atoms with Crippen molar-refractivity contribution in [1.82, 2.24) is 14.6 Å². The Bertz CT molecular complexity index is 435. The fourth-order valence-corrected chi connectivity index (χ4v) is 1.03. The Labute approximate surface area is 67.3 Å². The van der Waals surface area contributed by atoms with Gasteiger partial charge in [0.1, 0.15) is 6.33 Å². The van der Waals surface area contributed by atoms with E-state index in [0.717, 1.165) is 0 Å². The minimum Gasteiger partial charge on any atom is -0.476 e. The average Bonchev–Trinajstić information content (AvgIpc) is 2.49. The van der Waals surface area contributed by atoms with E-state index in [-0.39, 0.29) is 5.69 Å². The molecule has 2 aromatic rings. The van der Waals surface area contributed by atoms with Crippen molar-refractivity contribution in [2.24, 2.45) is 0 Å². The summed E-state index contributed by atoms with van der Waals surface area (Å²) in [7, 11) is 0. The van der Waals surface area contributed by atoms with Crippen molar-refractivity contribution < 1.29 is 9.90 Å². The van der Waals surface area contributed by atoms with Gasteiger partial charge in [0, 0.05) is 6.20 Å². The second-order valence-electron chi connectivity index (χ2n) is 2.25. The third-order valence-corrected chi connectivity index (χ3v) is 1.54. The maximum absolute atomic E-state index is 10.6. The molecule has 0 radical (unpaired) electrons. The summed E-state index contributed by atoms with van der Waals surface area (Å²) in [5.74, 6) is -1.04. The Kier molecular flexibility index (Phi) is 1.30. The van der Waals surface area contributed by atoms with E-state index in [0.29, 0.717) is 5.52 Å². The largest absolute Gasteiger partial charge is 0.476 e. The van der Waals surface area contributed by atoms with E-state index < -0.39 is 5.97 Å². The van der Waals surface area contributed by atoms with E-state index in [1.807, 2.05) is 0 Å². The van der Waals surface area contributed by atoms with Crippen LogP contribution in [-0.4, -0.2) is 25.7 Å². The van der Waals surface area contributed by atoms with Crippen LogP contribution in [0.4, 0.5) is 0 Å². The lowest BCUT2D eigenvalue weighted by Crippen LogP contribution is -2.04. The third-order valence-electron chi connectivity index (χ3n) is 1.54. The molecule has 0 amide bonds. The zero-order valence-electron chi connectivity index (χ0n) is 6.01. The van der Waals surface area contributed by atoms with E-state index >= 15 is 0 Å². The lowest BCUT2D eigenvalue weighted by Gasteiger charge is -1.95. The highest BCUT2D eigenvalue weighted by Gasteiger charge is 2.09. The number of carboxylic acids is 1. The molecule has 0 saturated heterocycles. The summed E-state index contributed by atoms with van der Waals surface area (Å²) >= 11 is 0. The Morgan fingerprint density at radius 2 is 2.42 bits per heavy atom. The van der Waals surface area contributed by atoms with Gasteiger partial charge in [0.2, 0.25) is 0 Å². The molecule has 0 aliphatic heterocycles. The van der Waals surface area contributed by atoms with Crippen LogP contribution in [0.1, 0.15) is 10.5 Å². The number of hydrogen-bond acceptors (Lipinski definition) is 3. The lowest BCUT2D eigenvalue weighted by atomic mass is 10.4. The summed E-state index contributed by atoms with van der Waals surface area (Å²) in [5.41, 5.74) is 0.528. The molecule has 0 bridgehead atoms. The quantitative estimate of drug-likeness (QED) is 0.661. The Hall–Kier alpha value is -1.91. The SMILES string of the molecule is O=C(O)c1ncnn2cccc12. The normalized spacial score (nSPS) is 10.3. The summed E-state index contributed by atoms with van der Waals surface area (Å²) in [6.07, 6.45) is 2.89. The van der Waals surface area contributed by atoms with Crippen molar-refractivity contribution in [2.75, 3.05) is 0 Å². The standard InChI is InChI=1S/C7H5N3O2/c11-7(12)6-5-2-1-3-10(5)9-4-8-6/h1-4H,(H,11,12). The maximum atomic E-state index is 10.6. The van der Waals surface area contributed by atoms with Crippen molar-refractivity contribution in [1.29, 1.82) is 0 Å². The molecule has 0 spiro atoms. The first-order chi connectivity index (χ1) is 5.79. The first-order valence-electron chi connectivity index (χ1n) is 3.30. The van der Waals surface area contributed by atoms with E-state index in [1.54, 1.807) is 18.3 Å². The molecule has 0 fully saturated rings. The Balaban J connectivity index is 2.82. The van der Waals surface area contributed by atoms with Gasteiger partial charge >= 0.3 is 5.97 Å². The second kappa shape index (κ2) is 2.30. The molecule has 12 heavy (non-hydrogen) atoms. The molecule has 0 aromatic carbocycles. The van der Waals surface area contributed by atoms with Crippen LogP contribution in [0, 0.1) is 0 Å². The summed E-state index contributed by atoms with van der Waals surface area (Å²) in [6.45, 7) is 0. The number of aromatic carboxylic acids is 1. The fourth-order valence-electron chi connectivity index (χ4n) is 1.03. The van der Waals surface area contributed by atoms with Gasteiger partial charge in [-0.3, -0.25) is 0 Å². The molecule has 2 heterocycles.